The number of benzene rings is 3. The van der Waals surface area contributed by atoms with E-state index in [1.807, 2.05) is 42.5 Å². The summed E-state index contributed by atoms with van der Waals surface area (Å²) in [4.78, 5) is 12.7. The molecule has 0 saturated heterocycles. The number of aromatic nitrogens is 3. The van der Waals surface area contributed by atoms with Crippen LogP contribution in [0.5, 0.6) is 11.5 Å². The van der Waals surface area contributed by atoms with E-state index in [1.54, 1.807) is 25.6 Å². The topological polar surface area (TPSA) is 72.1 Å². The number of hydrogen-bond acceptors (Lipinski definition) is 6. The Labute approximate surface area is 189 Å². The van der Waals surface area contributed by atoms with E-state index in [4.69, 9.17) is 14.5 Å². The number of nitrogens with zero attached hydrogens (tertiary/aromatic N) is 2. The van der Waals surface area contributed by atoms with Crippen LogP contribution in [0.25, 0.3) is 32.9 Å². The molecule has 0 saturated carbocycles. The number of methoxy groups -OCH3 is 2. The number of anilines is 1. The average Bonchev–Trinajstić information content (AvgIpc) is 3.50. The minimum atomic E-state index is 0.689. The van der Waals surface area contributed by atoms with Crippen LogP contribution in [0.1, 0.15) is 5.56 Å². The first-order valence-corrected chi connectivity index (χ1v) is 11.1. The van der Waals surface area contributed by atoms with Gasteiger partial charge in [-0.3, -0.25) is 0 Å². The molecule has 0 bridgehead atoms. The number of hydrogen-bond donors (Lipinski definition) is 2. The van der Waals surface area contributed by atoms with Gasteiger partial charge in [-0.1, -0.05) is 36.4 Å². The maximum absolute atomic E-state index is 5.41. The summed E-state index contributed by atoms with van der Waals surface area (Å²) in [5.74, 6) is 2.18. The molecule has 3 aromatic carbocycles. The van der Waals surface area contributed by atoms with Gasteiger partial charge in [-0.2, -0.15) is 0 Å². The Balaban J connectivity index is 1.28. The molecule has 2 N–H and O–H groups in total. The normalized spacial score (nSPS) is 10.9. The number of para-hydroxylation sites is 2. The van der Waals surface area contributed by atoms with Gasteiger partial charge in [-0.25, -0.2) is 9.97 Å². The minimum absolute atomic E-state index is 0.689. The molecule has 0 spiro atoms. The van der Waals surface area contributed by atoms with Crippen molar-refractivity contribution in [1.82, 2.24) is 15.0 Å². The molecule has 0 unspecified atom stereocenters. The fourth-order valence-electron chi connectivity index (χ4n) is 3.52. The van der Waals surface area contributed by atoms with Crippen LogP contribution in [0, 0.1) is 0 Å². The highest BCUT2D eigenvalue weighted by Crippen LogP contribution is 2.34. The molecule has 0 aliphatic heterocycles. The second-order valence-electron chi connectivity index (χ2n) is 7.26. The van der Waals surface area contributed by atoms with Crippen LogP contribution < -0.4 is 14.8 Å². The third kappa shape index (κ3) is 4.02. The summed E-state index contributed by atoms with van der Waals surface area (Å²) >= 11 is 1.63. The predicted octanol–water partition coefficient (Wildman–Crippen LogP) is 5.98. The van der Waals surface area contributed by atoms with Crippen LogP contribution in [0.15, 0.2) is 72.1 Å². The first-order valence-electron chi connectivity index (χ1n) is 10.2. The van der Waals surface area contributed by atoms with Gasteiger partial charge in [0.2, 0.25) is 5.95 Å². The summed E-state index contributed by atoms with van der Waals surface area (Å²) in [7, 11) is 3.27. The van der Waals surface area contributed by atoms with Crippen LogP contribution in [0.4, 0.5) is 5.95 Å². The fraction of sp³-hybridized carbons (Fsp3) is 0.120. The molecule has 5 rings (SSSR count). The van der Waals surface area contributed by atoms with Crippen molar-refractivity contribution in [3.8, 4) is 33.3 Å². The maximum atomic E-state index is 5.41. The van der Waals surface area contributed by atoms with Gasteiger partial charge in [-0.15, -0.1) is 11.3 Å². The van der Waals surface area contributed by atoms with Crippen molar-refractivity contribution in [3.05, 3.63) is 77.7 Å². The van der Waals surface area contributed by atoms with Gasteiger partial charge in [0.25, 0.3) is 0 Å². The smallest absolute Gasteiger partial charge is 0.201 e. The van der Waals surface area contributed by atoms with Crippen molar-refractivity contribution in [2.75, 3.05) is 19.5 Å². The Morgan fingerprint density at radius 2 is 1.66 bits per heavy atom. The van der Waals surface area contributed by atoms with E-state index in [2.05, 4.69) is 44.9 Å². The number of thiazole rings is 1. The van der Waals surface area contributed by atoms with Crippen molar-refractivity contribution < 1.29 is 9.47 Å². The maximum Gasteiger partial charge on any atom is 0.201 e. The summed E-state index contributed by atoms with van der Waals surface area (Å²) in [5, 5.41) is 6.40. The van der Waals surface area contributed by atoms with E-state index in [1.165, 1.54) is 5.56 Å². The molecular weight excluding hydrogens is 420 g/mol. The van der Waals surface area contributed by atoms with E-state index in [9.17, 15) is 0 Å². The summed E-state index contributed by atoms with van der Waals surface area (Å²) < 4.78 is 10.7. The molecule has 0 aliphatic carbocycles. The highest BCUT2D eigenvalue weighted by atomic mass is 32.1. The Bertz CT molecular complexity index is 1330. The Kier molecular flexibility index (Phi) is 5.47. The van der Waals surface area contributed by atoms with Crippen LogP contribution >= 0.6 is 11.3 Å². The minimum Gasteiger partial charge on any atom is -0.493 e. The lowest BCUT2D eigenvalue weighted by molar-refractivity contribution is 0.355. The first kappa shape index (κ1) is 20.1. The summed E-state index contributed by atoms with van der Waals surface area (Å²) in [6, 6.07) is 22.3. The molecule has 0 amide bonds. The van der Waals surface area contributed by atoms with Gasteiger partial charge < -0.3 is 19.8 Å². The molecule has 32 heavy (non-hydrogen) atoms. The molecule has 2 heterocycles. The van der Waals surface area contributed by atoms with Crippen molar-refractivity contribution in [2.45, 2.75) is 6.54 Å². The van der Waals surface area contributed by atoms with Crippen molar-refractivity contribution >= 4 is 28.3 Å². The number of H-pyrrole nitrogens is 1. The van der Waals surface area contributed by atoms with Gasteiger partial charge >= 0.3 is 0 Å². The van der Waals surface area contributed by atoms with Crippen molar-refractivity contribution in [3.63, 3.8) is 0 Å². The summed E-state index contributed by atoms with van der Waals surface area (Å²) in [6.45, 7) is 0.689. The van der Waals surface area contributed by atoms with E-state index >= 15 is 0 Å². The van der Waals surface area contributed by atoms with Crippen LogP contribution in [0.3, 0.4) is 0 Å². The van der Waals surface area contributed by atoms with Crippen LogP contribution in [0.2, 0.25) is 0 Å². The Hall–Kier alpha value is -3.84. The van der Waals surface area contributed by atoms with Crippen LogP contribution in [-0.2, 0) is 6.54 Å². The van der Waals surface area contributed by atoms with Crippen LogP contribution in [-0.4, -0.2) is 29.2 Å². The van der Waals surface area contributed by atoms with E-state index in [0.29, 0.717) is 18.0 Å². The number of nitrogens with one attached hydrogen (secondary N) is 2. The van der Waals surface area contributed by atoms with E-state index in [-0.39, 0.29) is 0 Å². The summed E-state index contributed by atoms with van der Waals surface area (Å²) in [5.41, 5.74) is 6.16. The first-order chi connectivity index (χ1) is 15.7. The number of imidazole rings is 1. The standard InChI is InChI=1S/C25H22N4O2S/c1-30-22-12-11-18(13-23(22)31-2)21-15-32-24(27-21)17-9-7-16(8-10-17)14-26-25-28-19-5-3-4-6-20(19)29-25/h3-13,15H,14H2,1-2H3,(H2,26,28,29). The monoisotopic (exact) mass is 442 g/mol. The van der Waals surface area contributed by atoms with E-state index < -0.39 is 0 Å². The molecule has 160 valence electrons. The largest absolute Gasteiger partial charge is 0.493 e. The molecule has 0 aliphatic rings. The third-order valence-corrected chi connectivity index (χ3v) is 6.13. The third-order valence-electron chi connectivity index (χ3n) is 5.23. The van der Waals surface area contributed by atoms with Gasteiger partial charge in [0.15, 0.2) is 11.5 Å². The average molecular weight is 443 g/mol. The number of aromatic amines is 1. The second-order valence-corrected chi connectivity index (χ2v) is 8.12. The molecule has 0 fully saturated rings. The molecular formula is C25H22N4O2S. The van der Waals surface area contributed by atoms with Gasteiger partial charge in [0.05, 0.1) is 30.9 Å². The Morgan fingerprint density at radius 3 is 2.44 bits per heavy atom. The summed E-state index contributed by atoms with van der Waals surface area (Å²) in [6.07, 6.45) is 0. The highest BCUT2D eigenvalue weighted by molar-refractivity contribution is 7.13. The lowest BCUT2D eigenvalue weighted by Crippen LogP contribution is -2.00. The predicted molar refractivity (Wildman–Crippen MR) is 130 cm³/mol. The second kappa shape index (κ2) is 8.72. The molecule has 5 aromatic rings. The Morgan fingerprint density at radius 1 is 0.875 bits per heavy atom. The number of fused-ring (bicyclic) bond motifs is 1. The number of rotatable bonds is 7. The quantitative estimate of drug-likeness (QED) is 0.324. The van der Waals surface area contributed by atoms with Gasteiger partial charge in [0, 0.05) is 23.1 Å². The van der Waals surface area contributed by atoms with Gasteiger partial charge in [-0.05, 0) is 35.9 Å². The van der Waals surface area contributed by atoms with E-state index in [0.717, 1.165) is 38.8 Å². The van der Waals surface area contributed by atoms with Crippen molar-refractivity contribution in [1.29, 1.82) is 0 Å². The zero-order chi connectivity index (χ0) is 21.9. The SMILES string of the molecule is COc1ccc(-c2csc(-c3ccc(CNc4nc5ccccc5[nH]4)cc3)n2)cc1OC. The molecule has 2 aromatic heterocycles. The molecule has 0 radical (unpaired) electrons. The zero-order valence-corrected chi connectivity index (χ0v) is 18.6. The molecule has 6 nitrogen and oxygen atoms in total. The lowest BCUT2D eigenvalue weighted by atomic mass is 10.1. The lowest BCUT2D eigenvalue weighted by Gasteiger charge is -2.08. The fourth-order valence-corrected chi connectivity index (χ4v) is 4.36. The zero-order valence-electron chi connectivity index (χ0n) is 17.8. The highest BCUT2D eigenvalue weighted by Gasteiger charge is 2.11. The molecule has 7 heteroatoms. The molecule has 0 atom stereocenters. The van der Waals surface area contributed by atoms with Gasteiger partial charge in [0.1, 0.15) is 5.01 Å². The van der Waals surface area contributed by atoms with Crippen molar-refractivity contribution in [2.24, 2.45) is 0 Å². The number of ether oxygens (including phenoxy) is 2.